The zero-order chi connectivity index (χ0) is 37.9. The van der Waals surface area contributed by atoms with Gasteiger partial charge in [-0.15, -0.1) is 0 Å². The molecule has 3 fully saturated rings. The molecule has 3 N–H and O–H groups in total. The molecular weight excluding hydrogens is 690 g/mol. The molecule has 5 heterocycles. The van der Waals surface area contributed by atoms with Gasteiger partial charge in [-0.2, -0.15) is 0 Å². The fourth-order valence-corrected chi connectivity index (χ4v) is 8.84. The number of imide groups is 1. The molecule has 14 heteroatoms. The van der Waals surface area contributed by atoms with Crippen LogP contribution in [0.1, 0.15) is 116 Å². The Morgan fingerprint density at radius 1 is 1.02 bits per heavy atom. The van der Waals surface area contributed by atoms with Crippen molar-refractivity contribution in [3.8, 4) is 0 Å². The number of benzene rings is 2. The first-order valence-electron chi connectivity index (χ1n) is 19.0. The van der Waals surface area contributed by atoms with Gasteiger partial charge >= 0.3 is 5.69 Å². The van der Waals surface area contributed by atoms with Crippen LogP contribution >= 0.6 is 0 Å². The van der Waals surface area contributed by atoms with Crippen molar-refractivity contribution in [3.05, 3.63) is 75.7 Å². The lowest BCUT2D eigenvalue weighted by Crippen LogP contribution is -2.44. The second-order valence-corrected chi connectivity index (χ2v) is 15.9. The Hall–Kier alpha value is -5.08. The number of hydrogen-bond acceptors (Lipinski definition) is 10. The molecule has 1 unspecified atom stereocenters. The number of carbonyl (C=O) groups is 3. The zero-order valence-electron chi connectivity index (χ0n) is 31.2. The van der Waals surface area contributed by atoms with Crippen molar-refractivity contribution in [2.45, 2.75) is 95.6 Å². The Morgan fingerprint density at radius 2 is 1.78 bits per heavy atom. The van der Waals surface area contributed by atoms with Crippen LogP contribution in [0.3, 0.4) is 0 Å². The summed E-state index contributed by atoms with van der Waals surface area (Å²) in [6.07, 6.45) is 7.92. The normalized spacial score (nSPS) is 21.9. The molecule has 284 valence electrons. The van der Waals surface area contributed by atoms with Gasteiger partial charge in [0.2, 0.25) is 11.8 Å². The molecule has 1 aliphatic carbocycles. The van der Waals surface area contributed by atoms with Crippen LogP contribution in [0, 0.1) is 12.8 Å². The lowest BCUT2D eigenvalue weighted by atomic mass is 9.81. The molecule has 2 saturated heterocycles. The molecule has 0 radical (unpaired) electrons. The van der Waals surface area contributed by atoms with E-state index in [1.807, 2.05) is 12.1 Å². The summed E-state index contributed by atoms with van der Waals surface area (Å²) in [5, 5.41) is 16.2. The lowest BCUT2D eigenvalue weighted by Gasteiger charge is -2.36. The Kier molecular flexibility index (Phi) is 9.29. The van der Waals surface area contributed by atoms with Gasteiger partial charge in [0.15, 0.2) is 23.1 Å². The highest BCUT2D eigenvalue weighted by molar-refractivity contribution is 6.04. The van der Waals surface area contributed by atoms with Crippen molar-refractivity contribution < 1.29 is 28.3 Å². The van der Waals surface area contributed by atoms with E-state index in [0.29, 0.717) is 52.4 Å². The van der Waals surface area contributed by atoms with E-state index in [2.05, 4.69) is 26.6 Å². The largest absolute Gasteiger partial charge is 0.448 e. The number of nitrogens with zero attached hydrogens (tertiary/aromatic N) is 5. The first kappa shape index (κ1) is 35.9. The maximum absolute atomic E-state index is 13.4. The first-order chi connectivity index (χ1) is 25.8. The molecule has 2 aliphatic heterocycles. The SMILES string of the molecule is Cc1nc(C(=O)Nc2cc3oc([C@H]4CC[C@H](CN5CCC(c6cccc7c6n(C)c(=O)n7C6CCC(=O)NC6=O)CC5)CC4)nc3cc2C(C)(C)O)co1. The number of piperidine rings is 2. The minimum atomic E-state index is -1.24. The molecular formula is C40H47N7O7. The highest BCUT2D eigenvalue weighted by atomic mass is 16.4. The van der Waals surface area contributed by atoms with Crippen molar-refractivity contribution in [1.29, 1.82) is 0 Å². The lowest BCUT2D eigenvalue weighted by molar-refractivity contribution is -0.135. The van der Waals surface area contributed by atoms with E-state index >= 15 is 0 Å². The number of hydrogen-bond donors (Lipinski definition) is 3. The fourth-order valence-electron chi connectivity index (χ4n) is 8.84. The van der Waals surface area contributed by atoms with Crippen LogP contribution in [0.15, 0.2) is 50.2 Å². The predicted molar refractivity (Wildman–Crippen MR) is 200 cm³/mol. The number of aromatic nitrogens is 4. The summed E-state index contributed by atoms with van der Waals surface area (Å²) in [6.45, 7) is 8.01. The summed E-state index contributed by atoms with van der Waals surface area (Å²) < 4.78 is 14.7. The monoisotopic (exact) mass is 737 g/mol. The van der Waals surface area contributed by atoms with Gasteiger partial charge in [-0.05, 0) is 101 Å². The average Bonchev–Trinajstić information content (AvgIpc) is 3.84. The standard InChI is InChI=1S/C40H47N7O7/c1-22-41-30(21-53-22)36(49)42-28-19-33-29(18-27(28)40(2,3)52)43-38(54-33)25-10-8-23(9-11-25)20-46-16-14-24(15-17-46)26-6-5-7-31-35(26)45(4)39(51)47(31)32-12-13-34(48)44-37(32)50/h5-7,18-19,21,23-25,32,52H,8-17,20H2,1-4H3,(H,42,49)(H,44,48,50)/t23-,25-,32?. The highest BCUT2D eigenvalue weighted by Crippen LogP contribution is 2.40. The van der Waals surface area contributed by atoms with Crippen LogP contribution in [0.5, 0.6) is 0 Å². The third-order valence-electron chi connectivity index (χ3n) is 11.7. The Labute approximate surface area is 311 Å². The van der Waals surface area contributed by atoms with Crippen LogP contribution in [-0.2, 0) is 22.2 Å². The van der Waals surface area contributed by atoms with Crippen LogP contribution in [0.25, 0.3) is 22.1 Å². The smallest absolute Gasteiger partial charge is 0.329 e. The third kappa shape index (κ3) is 6.77. The molecule has 8 rings (SSSR count). The number of oxazole rings is 2. The van der Waals surface area contributed by atoms with Gasteiger partial charge in [-0.3, -0.25) is 28.8 Å². The third-order valence-corrected chi connectivity index (χ3v) is 11.7. The molecule has 3 amide bonds. The summed E-state index contributed by atoms with van der Waals surface area (Å²) in [5.74, 6) is 1.01. The second kappa shape index (κ2) is 14.0. The van der Waals surface area contributed by atoms with Crippen LogP contribution in [0.4, 0.5) is 5.69 Å². The zero-order valence-corrected chi connectivity index (χ0v) is 31.2. The number of nitrogens with one attached hydrogen (secondary N) is 2. The van der Waals surface area contributed by atoms with E-state index in [-0.39, 0.29) is 29.6 Å². The van der Waals surface area contributed by atoms with Crippen LogP contribution in [0.2, 0.25) is 0 Å². The summed E-state index contributed by atoms with van der Waals surface area (Å²) in [6, 6.07) is 8.83. The quantitative estimate of drug-likeness (QED) is 0.175. The minimum Gasteiger partial charge on any atom is -0.448 e. The average molecular weight is 738 g/mol. The molecule has 14 nitrogen and oxygen atoms in total. The van der Waals surface area contributed by atoms with Crippen molar-refractivity contribution in [2.24, 2.45) is 13.0 Å². The number of likely N-dealkylation sites (tertiary alicyclic amines) is 1. The van der Waals surface area contributed by atoms with E-state index in [0.717, 1.165) is 74.8 Å². The number of para-hydroxylation sites is 1. The summed E-state index contributed by atoms with van der Waals surface area (Å²) >= 11 is 0. The van der Waals surface area contributed by atoms with E-state index in [9.17, 15) is 24.3 Å². The molecule has 0 spiro atoms. The highest BCUT2D eigenvalue weighted by Gasteiger charge is 2.34. The number of imidazole rings is 1. The molecule has 2 aromatic carbocycles. The van der Waals surface area contributed by atoms with Gasteiger partial charge in [-0.1, -0.05) is 12.1 Å². The molecule has 3 aromatic heterocycles. The van der Waals surface area contributed by atoms with Gasteiger partial charge in [-0.25, -0.2) is 14.8 Å². The van der Waals surface area contributed by atoms with Crippen molar-refractivity contribution >= 4 is 45.5 Å². The topological polar surface area (TPSA) is 178 Å². The van der Waals surface area contributed by atoms with Gasteiger partial charge in [0, 0.05) is 44.5 Å². The Morgan fingerprint density at radius 3 is 2.46 bits per heavy atom. The van der Waals surface area contributed by atoms with Crippen molar-refractivity contribution in [3.63, 3.8) is 0 Å². The summed E-state index contributed by atoms with van der Waals surface area (Å²) in [4.78, 5) is 62.3. The van der Waals surface area contributed by atoms with Crippen molar-refractivity contribution in [2.75, 3.05) is 25.0 Å². The van der Waals surface area contributed by atoms with E-state index in [1.54, 1.807) is 49.1 Å². The number of carbonyl (C=O) groups excluding carboxylic acids is 3. The number of rotatable bonds is 8. The molecule has 54 heavy (non-hydrogen) atoms. The van der Waals surface area contributed by atoms with E-state index in [1.165, 1.54) is 6.26 Å². The number of fused-ring (bicyclic) bond motifs is 2. The van der Waals surface area contributed by atoms with Crippen LogP contribution in [-0.4, -0.2) is 66.5 Å². The molecule has 1 saturated carbocycles. The maximum atomic E-state index is 13.4. The molecule has 1 atom stereocenters. The Bertz CT molecular complexity index is 2310. The van der Waals surface area contributed by atoms with Gasteiger partial charge in [0.05, 0.1) is 22.3 Å². The maximum Gasteiger partial charge on any atom is 0.329 e. The molecule has 0 bridgehead atoms. The predicted octanol–water partition coefficient (Wildman–Crippen LogP) is 5.39. The second-order valence-electron chi connectivity index (χ2n) is 15.9. The minimum absolute atomic E-state index is 0.152. The van der Waals surface area contributed by atoms with Gasteiger partial charge in [0.25, 0.3) is 5.91 Å². The van der Waals surface area contributed by atoms with E-state index in [4.69, 9.17) is 13.8 Å². The van der Waals surface area contributed by atoms with Gasteiger partial charge in [0.1, 0.15) is 17.8 Å². The molecule has 3 aliphatic rings. The number of anilines is 1. The van der Waals surface area contributed by atoms with E-state index < -0.39 is 23.5 Å². The summed E-state index contributed by atoms with van der Waals surface area (Å²) in [7, 11) is 1.77. The number of aliphatic hydroxyl groups is 1. The first-order valence-corrected chi connectivity index (χ1v) is 19.0. The van der Waals surface area contributed by atoms with Crippen LogP contribution < -0.4 is 16.3 Å². The van der Waals surface area contributed by atoms with Gasteiger partial charge < -0.3 is 24.2 Å². The molecule has 5 aromatic rings. The number of aryl methyl sites for hydroxylation is 2. The summed E-state index contributed by atoms with van der Waals surface area (Å²) in [5.41, 5.74) is 3.61. The fraction of sp³-hybridized carbons (Fsp3) is 0.500. The van der Waals surface area contributed by atoms with Crippen molar-refractivity contribution in [1.82, 2.24) is 29.3 Å². The number of amides is 3. The Balaban J connectivity index is 0.895.